The lowest BCUT2D eigenvalue weighted by atomic mass is 9.98. The Morgan fingerprint density at radius 3 is 1.87 bits per heavy atom. The molecule has 0 aliphatic heterocycles. The fraction of sp³-hybridized carbons (Fsp3) is 0.682. The predicted octanol–water partition coefficient (Wildman–Crippen LogP) is -2.92. The molecule has 16 heteroatoms. The number of carboxylic acid groups (broad SMARTS) is 2. The van der Waals surface area contributed by atoms with Crippen molar-refractivity contribution in [3.8, 4) is 0 Å². The van der Waals surface area contributed by atoms with Gasteiger partial charge in [0.15, 0.2) is 5.96 Å². The number of primary amides is 1. The predicted molar refractivity (Wildman–Crippen MR) is 136 cm³/mol. The number of aliphatic carboxylic acids is 2. The first kappa shape index (κ1) is 34.0. The van der Waals surface area contributed by atoms with E-state index in [9.17, 15) is 33.9 Å². The number of nitrogens with zero attached hydrogens (tertiary/aromatic N) is 1. The van der Waals surface area contributed by atoms with Crippen molar-refractivity contribution in [2.45, 2.75) is 83.0 Å². The first-order chi connectivity index (χ1) is 17.7. The number of nitrogens with two attached hydrogens (primary N) is 4. The zero-order valence-corrected chi connectivity index (χ0v) is 21.6. The van der Waals surface area contributed by atoms with Crippen LogP contribution in [-0.2, 0) is 28.8 Å². The van der Waals surface area contributed by atoms with Gasteiger partial charge < -0.3 is 49.1 Å². The number of carboxylic acids is 2. The molecule has 0 radical (unpaired) electrons. The van der Waals surface area contributed by atoms with Crippen LogP contribution in [0.15, 0.2) is 4.99 Å². The summed E-state index contributed by atoms with van der Waals surface area (Å²) >= 11 is 0. The second kappa shape index (κ2) is 17.5. The van der Waals surface area contributed by atoms with Crippen LogP contribution in [-0.4, -0.2) is 82.5 Å². The Labute approximate surface area is 220 Å². The minimum Gasteiger partial charge on any atom is -0.481 e. The van der Waals surface area contributed by atoms with Gasteiger partial charge >= 0.3 is 11.9 Å². The number of hydrogen-bond donors (Lipinski definition) is 9. The zero-order chi connectivity index (χ0) is 29.4. The summed E-state index contributed by atoms with van der Waals surface area (Å²) < 4.78 is 0. The maximum atomic E-state index is 13.0. The Bertz CT molecular complexity index is 877. The molecule has 0 aromatic carbocycles. The van der Waals surface area contributed by atoms with E-state index in [4.69, 9.17) is 28.0 Å². The van der Waals surface area contributed by atoms with E-state index in [1.165, 1.54) is 0 Å². The summed E-state index contributed by atoms with van der Waals surface area (Å²) in [5.41, 5.74) is 21.4. The van der Waals surface area contributed by atoms with Crippen LogP contribution in [0.2, 0.25) is 0 Å². The third-order valence-electron chi connectivity index (χ3n) is 5.67. The average Bonchev–Trinajstić information content (AvgIpc) is 2.83. The van der Waals surface area contributed by atoms with Crippen molar-refractivity contribution in [1.29, 1.82) is 0 Å². The summed E-state index contributed by atoms with van der Waals surface area (Å²) in [5, 5.41) is 25.8. The Morgan fingerprint density at radius 2 is 1.37 bits per heavy atom. The molecule has 16 nitrogen and oxygen atoms in total. The average molecular weight is 545 g/mol. The Balaban J connectivity index is 5.74. The quantitative estimate of drug-likeness (QED) is 0.0450. The molecule has 0 bridgehead atoms. The third kappa shape index (κ3) is 14.0. The molecule has 4 amide bonds. The summed E-state index contributed by atoms with van der Waals surface area (Å²) in [7, 11) is 0. The third-order valence-corrected chi connectivity index (χ3v) is 5.67. The number of amides is 4. The monoisotopic (exact) mass is 544 g/mol. The molecule has 5 atom stereocenters. The molecule has 0 fully saturated rings. The second-order valence-electron chi connectivity index (χ2n) is 8.83. The smallest absolute Gasteiger partial charge is 0.326 e. The number of hydrogen-bond acceptors (Lipinski definition) is 8. The molecule has 0 saturated heterocycles. The van der Waals surface area contributed by atoms with Crippen LogP contribution >= 0.6 is 0 Å². The summed E-state index contributed by atoms with van der Waals surface area (Å²) in [5.74, 6) is -6.28. The van der Waals surface area contributed by atoms with Gasteiger partial charge in [-0.1, -0.05) is 20.3 Å². The van der Waals surface area contributed by atoms with Crippen LogP contribution in [0.4, 0.5) is 0 Å². The Morgan fingerprint density at radius 1 is 0.816 bits per heavy atom. The zero-order valence-electron chi connectivity index (χ0n) is 21.6. The lowest BCUT2D eigenvalue weighted by Crippen LogP contribution is -2.57. The SMILES string of the molecule is CCC(C)C(NC(=O)C(CCCN=C(N)N)NC(=O)C(CCC(=O)O)NC(=O)C(N)CCC(N)=O)C(=O)O. The lowest BCUT2D eigenvalue weighted by Gasteiger charge is -2.26. The van der Waals surface area contributed by atoms with Crippen LogP contribution in [0.25, 0.3) is 0 Å². The van der Waals surface area contributed by atoms with E-state index >= 15 is 0 Å². The number of aliphatic imine (C=N–C) groups is 1. The van der Waals surface area contributed by atoms with Gasteiger partial charge in [0.05, 0.1) is 6.04 Å². The summed E-state index contributed by atoms with van der Waals surface area (Å²) in [4.78, 5) is 76.0. The number of carbonyl (C=O) groups excluding carboxylic acids is 4. The van der Waals surface area contributed by atoms with E-state index in [1.807, 2.05) is 0 Å². The lowest BCUT2D eigenvalue weighted by molar-refractivity contribution is -0.144. The Hall–Kier alpha value is -3.95. The van der Waals surface area contributed by atoms with Crippen LogP contribution in [0.3, 0.4) is 0 Å². The number of rotatable bonds is 19. The van der Waals surface area contributed by atoms with Crippen LogP contribution in [0.5, 0.6) is 0 Å². The molecule has 0 spiro atoms. The van der Waals surface area contributed by atoms with Crippen LogP contribution < -0.4 is 38.9 Å². The van der Waals surface area contributed by atoms with Crippen molar-refractivity contribution in [1.82, 2.24) is 16.0 Å². The van der Waals surface area contributed by atoms with Gasteiger partial charge in [0.1, 0.15) is 18.1 Å². The molecule has 0 aliphatic rings. The van der Waals surface area contributed by atoms with Crippen molar-refractivity contribution < 1.29 is 39.0 Å². The minimum atomic E-state index is -1.39. The van der Waals surface area contributed by atoms with Gasteiger partial charge in [-0.3, -0.25) is 29.0 Å². The maximum Gasteiger partial charge on any atom is 0.326 e. The number of guanidine groups is 1. The first-order valence-electron chi connectivity index (χ1n) is 12.1. The van der Waals surface area contributed by atoms with Crippen molar-refractivity contribution in [2.24, 2.45) is 33.8 Å². The van der Waals surface area contributed by atoms with E-state index in [-0.39, 0.29) is 44.6 Å². The molecule has 0 aliphatic carbocycles. The highest BCUT2D eigenvalue weighted by Gasteiger charge is 2.32. The summed E-state index contributed by atoms with van der Waals surface area (Å²) in [6, 6.07) is -5.07. The standard InChI is InChI=1S/C22H40N8O8/c1-3-11(2)17(21(37)38)30-20(36)13(5-4-10-27-22(25)26)29-19(35)14(7-9-16(32)33)28-18(34)12(23)6-8-15(24)31/h11-14,17H,3-10,23H2,1-2H3,(H2,24,31)(H,28,34)(H,29,35)(H,30,36)(H,32,33)(H,37,38)(H4,25,26,27). The maximum absolute atomic E-state index is 13.0. The fourth-order valence-electron chi connectivity index (χ4n) is 3.23. The molecule has 0 rings (SSSR count). The van der Waals surface area contributed by atoms with Gasteiger partial charge in [0.25, 0.3) is 0 Å². The van der Waals surface area contributed by atoms with Crippen molar-refractivity contribution >= 4 is 41.5 Å². The van der Waals surface area contributed by atoms with Gasteiger partial charge in [0.2, 0.25) is 23.6 Å². The largest absolute Gasteiger partial charge is 0.481 e. The summed E-state index contributed by atoms with van der Waals surface area (Å²) in [6.07, 6.45) is -0.428. The van der Waals surface area contributed by atoms with Crippen molar-refractivity contribution in [3.63, 3.8) is 0 Å². The molecule has 5 unspecified atom stereocenters. The highest BCUT2D eigenvalue weighted by molar-refractivity contribution is 5.94. The van der Waals surface area contributed by atoms with E-state index < -0.39 is 72.1 Å². The van der Waals surface area contributed by atoms with Crippen molar-refractivity contribution in [2.75, 3.05) is 6.54 Å². The molecule has 0 saturated carbocycles. The topological polar surface area (TPSA) is 295 Å². The molecule has 0 heterocycles. The molecule has 0 aromatic heterocycles. The van der Waals surface area contributed by atoms with E-state index in [0.717, 1.165) is 0 Å². The number of carbonyl (C=O) groups is 6. The molecule has 216 valence electrons. The van der Waals surface area contributed by atoms with Gasteiger partial charge in [-0.05, 0) is 31.6 Å². The van der Waals surface area contributed by atoms with Gasteiger partial charge in [-0.2, -0.15) is 0 Å². The van der Waals surface area contributed by atoms with Crippen molar-refractivity contribution in [3.05, 3.63) is 0 Å². The normalized spacial score (nSPS) is 14.6. The molecule has 13 N–H and O–H groups in total. The molecule has 0 aromatic rings. The van der Waals surface area contributed by atoms with Gasteiger partial charge in [0, 0.05) is 19.4 Å². The van der Waals surface area contributed by atoms with E-state index in [1.54, 1.807) is 13.8 Å². The van der Waals surface area contributed by atoms with Gasteiger partial charge in [-0.15, -0.1) is 0 Å². The van der Waals surface area contributed by atoms with Gasteiger partial charge in [-0.25, -0.2) is 4.79 Å². The van der Waals surface area contributed by atoms with E-state index in [0.29, 0.717) is 6.42 Å². The van der Waals surface area contributed by atoms with E-state index in [2.05, 4.69) is 20.9 Å². The Kier molecular flexibility index (Phi) is 15.7. The first-order valence-corrected chi connectivity index (χ1v) is 12.1. The number of nitrogens with one attached hydrogen (secondary N) is 3. The molecular weight excluding hydrogens is 504 g/mol. The highest BCUT2D eigenvalue weighted by atomic mass is 16.4. The summed E-state index contributed by atoms with van der Waals surface area (Å²) in [6.45, 7) is 3.51. The molecular formula is C22H40N8O8. The fourth-order valence-corrected chi connectivity index (χ4v) is 3.23. The second-order valence-corrected chi connectivity index (χ2v) is 8.83. The molecule has 38 heavy (non-hydrogen) atoms. The van der Waals surface area contributed by atoms with Crippen LogP contribution in [0.1, 0.15) is 58.8 Å². The van der Waals surface area contributed by atoms with Crippen LogP contribution in [0, 0.1) is 5.92 Å². The highest BCUT2D eigenvalue weighted by Crippen LogP contribution is 2.10. The minimum absolute atomic E-state index is 0.00107.